The Balaban J connectivity index is 1.42. The predicted molar refractivity (Wildman–Crippen MR) is 125 cm³/mol. The van der Waals surface area contributed by atoms with Gasteiger partial charge in [-0.15, -0.1) is 0 Å². The Hall–Kier alpha value is -3.81. The number of carbonyl (C=O) groups is 2. The number of hydrogen-bond acceptors (Lipinski definition) is 3. The fourth-order valence-electron chi connectivity index (χ4n) is 4.10. The summed E-state index contributed by atoms with van der Waals surface area (Å²) < 4.78 is 37.9. The summed E-state index contributed by atoms with van der Waals surface area (Å²) >= 11 is 0. The van der Waals surface area contributed by atoms with Crippen LogP contribution in [-0.4, -0.2) is 49.1 Å². The number of nitrogens with one attached hydrogen (secondary N) is 1. The molecule has 1 fully saturated rings. The second-order valence-corrected chi connectivity index (χ2v) is 8.07. The summed E-state index contributed by atoms with van der Waals surface area (Å²) in [5.41, 5.74) is 3.21. The van der Waals surface area contributed by atoms with E-state index in [4.69, 9.17) is 0 Å². The van der Waals surface area contributed by atoms with Crippen LogP contribution >= 0.6 is 0 Å². The molecule has 0 spiro atoms. The monoisotopic (exact) mass is 467 g/mol. The average Bonchev–Trinajstić information content (AvgIpc) is 2.85. The fraction of sp³-hybridized carbons (Fsp3) is 0.231. The molecule has 1 heterocycles. The minimum Gasteiger partial charge on any atom is -0.368 e. The van der Waals surface area contributed by atoms with E-state index in [2.05, 4.69) is 5.32 Å². The fourth-order valence-corrected chi connectivity index (χ4v) is 4.10. The van der Waals surface area contributed by atoms with E-state index in [0.717, 1.165) is 21.7 Å². The molecule has 4 rings (SSSR count). The number of benzene rings is 3. The maximum absolute atomic E-state index is 13.2. The van der Waals surface area contributed by atoms with Gasteiger partial charge < -0.3 is 15.1 Å². The van der Waals surface area contributed by atoms with Gasteiger partial charge in [0.1, 0.15) is 0 Å². The number of hydrogen-bond donors (Lipinski definition) is 1. The number of rotatable bonds is 5. The molecule has 1 aliphatic rings. The second-order valence-electron chi connectivity index (χ2n) is 8.07. The Morgan fingerprint density at radius 3 is 1.71 bits per heavy atom. The summed E-state index contributed by atoms with van der Waals surface area (Å²) in [5, 5.41) is 2.97. The van der Waals surface area contributed by atoms with Gasteiger partial charge in [0.15, 0.2) is 0 Å². The highest BCUT2D eigenvalue weighted by molar-refractivity contribution is 5.98. The van der Waals surface area contributed by atoms with Crippen molar-refractivity contribution in [3.05, 3.63) is 96.1 Å². The van der Waals surface area contributed by atoms with Crippen LogP contribution < -0.4 is 10.2 Å². The Morgan fingerprint density at radius 1 is 0.735 bits per heavy atom. The molecular weight excluding hydrogens is 443 g/mol. The number of piperazine rings is 1. The number of amides is 2. The summed E-state index contributed by atoms with van der Waals surface area (Å²) in [6.07, 6.45) is -4.85. The molecule has 3 aromatic rings. The van der Waals surface area contributed by atoms with Crippen LogP contribution in [0.15, 0.2) is 84.9 Å². The zero-order valence-electron chi connectivity index (χ0n) is 18.3. The summed E-state index contributed by atoms with van der Waals surface area (Å²) in [4.78, 5) is 27.4. The van der Waals surface area contributed by atoms with Crippen LogP contribution in [0.1, 0.15) is 17.0 Å². The van der Waals surface area contributed by atoms with Crippen LogP contribution in [-0.2, 0) is 9.59 Å². The molecular formula is C26H24F3N3O2. The van der Waals surface area contributed by atoms with Gasteiger partial charge in [0.2, 0.25) is 5.91 Å². The van der Waals surface area contributed by atoms with Crippen LogP contribution in [0, 0.1) is 0 Å². The average molecular weight is 467 g/mol. The third-order valence-corrected chi connectivity index (χ3v) is 5.84. The van der Waals surface area contributed by atoms with Crippen LogP contribution in [0.5, 0.6) is 0 Å². The zero-order valence-corrected chi connectivity index (χ0v) is 18.3. The van der Waals surface area contributed by atoms with E-state index in [-0.39, 0.29) is 19.0 Å². The topological polar surface area (TPSA) is 52.7 Å². The van der Waals surface area contributed by atoms with E-state index in [0.29, 0.717) is 18.8 Å². The van der Waals surface area contributed by atoms with E-state index >= 15 is 0 Å². The summed E-state index contributed by atoms with van der Waals surface area (Å²) in [6, 6.07) is 26.3. The molecule has 0 unspecified atom stereocenters. The maximum Gasteiger partial charge on any atom is 0.471 e. The third-order valence-electron chi connectivity index (χ3n) is 5.84. The highest BCUT2D eigenvalue weighted by atomic mass is 19.4. The molecule has 0 aromatic heterocycles. The number of alkyl halides is 3. The molecule has 1 N–H and O–H groups in total. The van der Waals surface area contributed by atoms with Crippen LogP contribution in [0.25, 0.3) is 0 Å². The van der Waals surface area contributed by atoms with Gasteiger partial charge in [0.05, 0.1) is 5.92 Å². The van der Waals surface area contributed by atoms with Crippen LogP contribution in [0.3, 0.4) is 0 Å². The van der Waals surface area contributed by atoms with E-state index in [1.165, 1.54) is 0 Å². The van der Waals surface area contributed by atoms with E-state index in [9.17, 15) is 22.8 Å². The quantitative estimate of drug-likeness (QED) is 0.594. The Kier molecular flexibility index (Phi) is 6.86. The summed E-state index contributed by atoms with van der Waals surface area (Å²) in [7, 11) is 0. The largest absolute Gasteiger partial charge is 0.471 e. The van der Waals surface area contributed by atoms with Crippen molar-refractivity contribution in [2.75, 3.05) is 36.4 Å². The predicted octanol–water partition coefficient (Wildman–Crippen LogP) is 4.67. The molecule has 2 amide bonds. The number of carbonyl (C=O) groups excluding carboxylic acids is 2. The van der Waals surface area contributed by atoms with Crippen LogP contribution in [0.4, 0.5) is 24.5 Å². The van der Waals surface area contributed by atoms with Crippen molar-refractivity contribution in [2.45, 2.75) is 12.1 Å². The Bertz CT molecular complexity index is 1070. The minimum absolute atomic E-state index is 0.00661. The highest BCUT2D eigenvalue weighted by Crippen LogP contribution is 2.27. The molecule has 0 atom stereocenters. The first-order chi connectivity index (χ1) is 16.3. The molecule has 0 saturated carbocycles. The zero-order chi connectivity index (χ0) is 24.1. The molecule has 0 radical (unpaired) electrons. The smallest absolute Gasteiger partial charge is 0.368 e. The molecule has 8 heteroatoms. The van der Waals surface area contributed by atoms with Crippen molar-refractivity contribution in [3.63, 3.8) is 0 Å². The summed E-state index contributed by atoms with van der Waals surface area (Å²) in [5.74, 6) is -2.43. The van der Waals surface area contributed by atoms with Crippen molar-refractivity contribution < 1.29 is 22.8 Å². The number of nitrogens with zero attached hydrogens (tertiary/aromatic N) is 2. The van der Waals surface area contributed by atoms with Crippen LogP contribution in [0.2, 0.25) is 0 Å². The van der Waals surface area contributed by atoms with Gasteiger partial charge in [0.25, 0.3) is 0 Å². The number of halogens is 3. The van der Waals surface area contributed by atoms with E-state index in [1.807, 2.05) is 77.7 Å². The van der Waals surface area contributed by atoms with Gasteiger partial charge in [-0.2, -0.15) is 13.2 Å². The molecule has 1 saturated heterocycles. The first-order valence-electron chi connectivity index (χ1n) is 10.9. The minimum atomic E-state index is -4.85. The van der Waals surface area contributed by atoms with Gasteiger partial charge in [-0.25, -0.2) is 0 Å². The first-order valence-corrected chi connectivity index (χ1v) is 10.9. The van der Waals surface area contributed by atoms with E-state index < -0.39 is 18.0 Å². The second kappa shape index (κ2) is 9.99. The molecule has 0 aliphatic carbocycles. The maximum atomic E-state index is 13.2. The summed E-state index contributed by atoms with van der Waals surface area (Å²) in [6.45, 7) is 0.620. The lowest BCUT2D eigenvalue weighted by Crippen LogP contribution is -2.52. The van der Waals surface area contributed by atoms with Gasteiger partial charge in [-0.05, 0) is 35.4 Å². The molecule has 1 aliphatic heterocycles. The molecule has 3 aromatic carbocycles. The first kappa shape index (κ1) is 23.4. The van der Waals surface area contributed by atoms with Gasteiger partial charge in [-0.1, -0.05) is 60.7 Å². The van der Waals surface area contributed by atoms with Crippen molar-refractivity contribution in [3.8, 4) is 0 Å². The lowest BCUT2D eigenvalue weighted by Gasteiger charge is -2.36. The molecule has 176 valence electrons. The van der Waals surface area contributed by atoms with Crippen molar-refractivity contribution >= 4 is 23.2 Å². The SMILES string of the molecule is O=C(Nc1ccc(N2CCN(C(=O)C(F)(F)F)CC2)cc1)C(c1ccccc1)c1ccccc1. The highest BCUT2D eigenvalue weighted by Gasteiger charge is 2.43. The van der Waals surface area contributed by atoms with Crippen molar-refractivity contribution in [1.82, 2.24) is 4.90 Å². The lowest BCUT2D eigenvalue weighted by atomic mass is 9.90. The van der Waals surface area contributed by atoms with E-state index in [1.54, 1.807) is 12.1 Å². The van der Waals surface area contributed by atoms with Crippen molar-refractivity contribution in [1.29, 1.82) is 0 Å². The molecule has 0 bridgehead atoms. The van der Waals surface area contributed by atoms with Gasteiger partial charge in [0, 0.05) is 37.6 Å². The molecule has 34 heavy (non-hydrogen) atoms. The van der Waals surface area contributed by atoms with Gasteiger partial charge >= 0.3 is 12.1 Å². The van der Waals surface area contributed by atoms with Gasteiger partial charge in [-0.3, -0.25) is 9.59 Å². The number of anilines is 2. The Morgan fingerprint density at radius 2 is 1.24 bits per heavy atom. The normalized spacial score (nSPS) is 14.2. The lowest BCUT2D eigenvalue weighted by molar-refractivity contribution is -0.185. The third kappa shape index (κ3) is 5.39. The standard InChI is InChI=1S/C26H24F3N3O2/c27-26(28,29)25(34)32-17-15-31(16-18-32)22-13-11-21(12-14-22)30-24(33)23(19-7-3-1-4-8-19)20-9-5-2-6-10-20/h1-14,23H,15-18H2,(H,30,33). The Labute approximate surface area is 195 Å². The molecule has 5 nitrogen and oxygen atoms in total. The van der Waals surface area contributed by atoms with Crippen molar-refractivity contribution in [2.24, 2.45) is 0 Å².